The molecular formula is C14H22O3. The van der Waals surface area contributed by atoms with Gasteiger partial charge in [-0.2, -0.15) is 0 Å². The molecule has 3 nitrogen and oxygen atoms in total. The molecule has 2 saturated carbocycles. The molecule has 0 bridgehead atoms. The van der Waals surface area contributed by atoms with Gasteiger partial charge >= 0.3 is 5.97 Å². The summed E-state index contributed by atoms with van der Waals surface area (Å²) in [6.07, 6.45) is 8.99. The lowest BCUT2D eigenvalue weighted by atomic mass is 9.64. The molecule has 0 spiro atoms. The Morgan fingerprint density at radius 1 is 1.12 bits per heavy atom. The highest BCUT2D eigenvalue weighted by atomic mass is 16.5. The summed E-state index contributed by atoms with van der Waals surface area (Å²) in [6, 6.07) is 0. The van der Waals surface area contributed by atoms with Crippen molar-refractivity contribution in [2.45, 2.75) is 57.5 Å². The van der Waals surface area contributed by atoms with Crippen molar-refractivity contribution in [3.05, 3.63) is 0 Å². The van der Waals surface area contributed by atoms with Crippen LogP contribution in [0.5, 0.6) is 0 Å². The van der Waals surface area contributed by atoms with Gasteiger partial charge in [-0.05, 0) is 43.9 Å². The van der Waals surface area contributed by atoms with Crippen LogP contribution in [0.25, 0.3) is 0 Å². The largest absolute Gasteiger partial charge is 0.481 e. The first-order valence-electron chi connectivity index (χ1n) is 7.10. The number of ether oxygens (including phenoxy) is 1. The average molecular weight is 238 g/mol. The van der Waals surface area contributed by atoms with Gasteiger partial charge in [-0.25, -0.2) is 0 Å². The second kappa shape index (κ2) is 4.27. The lowest BCUT2D eigenvalue weighted by Crippen LogP contribution is -2.47. The minimum atomic E-state index is -0.584. The van der Waals surface area contributed by atoms with E-state index in [0.29, 0.717) is 18.4 Å². The third-order valence-corrected chi connectivity index (χ3v) is 5.10. The molecule has 1 heterocycles. The van der Waals surface area contributed by atoms with Crippen LogP contribution in [0.4, 0.5) is 0 Å². The van der Waals surface area contributed by atoms with Crippen molar-refractivity contribution >= 4 is 5.97 Å². The summed E-state index contributed by atoms with van der Waals surface area (Å²) in [6.45, 7) is 0.657. The summed E-state index contributed by atoms with van der Waals surface area (Å²) < 4.78 is 5.83. The van der Waals surface area contributed by atoms with E-state index in [2.05, 4.69) is 0 Å². The summed E-state index contributed by atoms with van der Waals surface area (Å²) in [4.78, 5) is 11.9. The molecule has 2 aliphatic carbocycles. The van der Waals surface area contributed by atoms with Crippen molar-refractivity contribution in [1.29, 1.82) is 0 Å². The van der Waals surface area contributed by atoms with Gasteiger partial charge in [0, 0.05) is 6.61 Å². The molecule has 3 heteroatoms. The zero-order chi connectivity index (χ0) is 11.9. The fraction of sp³-hybridized carbons (Fsp3) is 0.929. The molecule has 2 atom stereocenters. The third kappa shape index (κ3) is 1.79. The molecule has 3 fully saturated rings. The Kier molecular flexibility index (Phi) is 2.89. The Morgan fingerprint density at radius 2 is 1.82 bits per heavy atom. The number of hydrogen-bond acceptors (Lipinski definition) is 2. The SMILES string of the molecule is O=C(O)C1(C2CCCCC2)CCOC1C1CC1. The fourth-order valence-electron chi connectivity index (χ4n) is 4.06. The van der Waals surface area contributed by atoms with Gasteiger partial charge in [-0.15, -0.1) is 0 Å². The molecule has 2 unspecified atom stereocenters. The summed E-state index contributed by atoms with van der Waals surface area (Å²) in [5.74, 6) is 0.316. The topological polar surface area (TPSA) is 46.5 Å². The van der Waals surface area contributed by atoms with Crippen molar-refractivity contribution in [2.75, 3.05) is 6.61 Å². The third-order valence-electron chi connectivity index (χ3n) is 5.10. The Bertz CT molecular complexity index is 305. The molecule has 0 amide bonds. The number of hydrogen-bond donors (Lipinski definition) is 1. The van der Waals surface area contributed by atoms with E-state index in [1.807, 2.05) is 0 Å². The zero-order valence-corrected chi connectivity index (χ0v) is 10.4. The summed E-state index contributed by atoms with van der Waals surface area (Å²) in [5.41, 5.74) is -0.540. The van der Waals surface area contributed by atoms with Crippen molar-refractivity contribution < 1.29 is 14.6 Å². The smallest absolute Gasteiger partial charge is 0.312 e. The average Bonchev–Trinajstić information content (AvgIpc) is 3.09. The van der Waals surface area contributed by atoms with E-state index in [-0.39, 0.29) is 6.10 Å². The van der Waals surface area contributed by atoms with E-state index in [4.69, 9.17) is 4.74 Å². The predicted octanol–water partition coefficient (Wildman–Crippen LogP) is 2.84. The van der Waals surface area contributed by atoms with Gasteiger partial charge in [-0.3, -0.25) is 4.79 Å². The van der Waals surface area contributed by atoms with Crippen LogP contribution in [-0.2, 0) is 9.53 Å². The molecule has 0 aromatic carbocycles. The van der Waals surface area contributed by atoms with Crippen LogP contribution in [0.3, 0.4) is 0 Å². The Morgan fingerprint density at radius 3 is 2.41 bits per heavy atom. The molecular weight excluding hydrogens is 216 g/mol. The number of carboxylic acids is 1. The van der Waals surface area contributed by atoms with Gasteiger partial charge in [-0.1, -0.05) is 19.3 Å². The highest BCUT2D eigenvalue weighted by Gasteiger charge is 2.59. The molecule has 1 N–H and O–H groups in total. The highest BCUT2D eigenvalue weighted by Crippen LogP contribution is 2.54. The molecule has 0 aromatic rings. The van der Waals surface area contributed by atoms with E-state index in [0.717, 1.165) is 19.3 Å². The van der Waals surface area contributed by atoms with Gasteiger partial charge in [0.05, 0.1) is 11.5 Å². The van der Waals surface area contributed by atoms with Crippen molar-refractivity contribution in [3.8, 4) is 0 Å². The van der Waals surface area contributed by atoms with E-state index in [1.165, 1.54) is 32.1 Å². The predicted molar refractivity (Wildman–Crippen MR) is 63.7 cm³/mol. The second-order valence-electron chi connectivity index (χ2n) is 6.06. The van der Waals surface area contributed by atoms with Crippen LogP contribution in [0, 0.1) is 17.3 Å². The molecule has 0 radical (unpaired) electrons. The van der Waals surface area contributed by atoms with E-state index >= 15 is 0 Å². The van der Waals surface area contributed by atoms with Gasteiger partial charge in [0.2, 0.25) is 0 Å². The molecule has 3 aliphatic rings. The van der Waals surface area contributed by atoms with Crippen LogP contribution in [-0.4, -0.2) is 23.8 Å². The molecule has 3 rings (SSSR count). The van der Waals surface area contributed by atoms with Crippen molar-refractivity contribution in [1.82, 2.24) is 0 Å². The molecule has 96 valence electrons. The van der Waals surface area contributed by atoms with Gasteiger partial charge in [0.15, 0.2) is 0 Å². The number of rotatable bonds is 3. The molecule has 1 saturated heterocycles. The first kappa shape index (κ1) is 11.5. The minimum Gasteiger partial charge on any atom is -0.481 e. The van der Waals surface area contributed by atoms with Crippen LogP contribution >= 0.6 is 0 Å². The Labute approximate surface area is 103 Å². The number of carbonyl (C=O) groups is 1. The standard InChI is InChI=1S/C14H22O3/c15-13(16)14(11-4-2-1-3-5-11)8-9-17-12(14)10-6-7-10/h10-12H,1-9H2,(H,15,16). The lowest BCUT2D eigenvalue weighted by Gasteiger charge is -2.39. The quantitative estimate of drug-likeness (QED) is 0.822. The van der Waals surface area contributed by atoms with Crippen molar-refractivity contribution in [2.24, 2.45) is 17.3 Å². The van der Waals surface area contributed by atoms with Gasteiger partial charge in [0.1, 0.15) is 0 Å². The monoisotopic (exact) mass is 238 g/mol. The van der Waals surface area contributed by atoms with Gasteiger partial charge < -0.3 is 9.84 Å². The second-order valence-corrected chi connectivity index (χ2v) is 6.06. The maximum atomic E-state index is 11.9. The maximum absolute atomic E-state index is 11.9. The van der Waals surface area contributed by atoms with E-state index in [1.54, 1.807) is 0 Å². The van der Waals surface area contributed by atoms with E-state index < -0.39 is 11.4 Å². The van der Waals surface area contributed by atoms with Crippen LogP contribution < -0.4 is 0 Å². The Balaban J connectivity index is 1.87. The highest BCUT2D eigenvalue weighted by molar-refractivity contribution is 5.76. The van der Waals surface area contributed by atoms with Gasteiger partial charge in [0.25, 0.3) is 0 Å². The van der Waals surface area contributed by atoms with Crippen LogP contribution in [0.1, 0.15) is 51.4 Å². The first-order chi connectivity index (χ1) is 8.25. The summed E-state index contributed by atoms with van der Waals surface area (Å²) in [5, 5.41) is 9.78. The number of carboxylic acid groups (broad SMARTS) is 1. The Hall–Kier alpha value is -0.570. The molecule has 17 heavy (non-hydrogen) atoms. The molecule has 0 aromatic heterocycles. The first-order valence-corrected chi connectivity index (χ1v) is 7.10. The molecule has 1 aliphatic heterocycles. The summed E-state index contributed by atoms with van der Waals surface area (Å²) >= 11 is 0. The van der Waals surface area contributed by atoms with Crippen LogP contribution in [0.15, 0.2) is 0 Å². The fourth-order valence-corrected chi connectivity index (χ4v) is 4.06. The zero-order valence-electron chi connectivity index (χ0n) is 10.4. The van der Waals surface area contributed by atoms with Crippen LogP contribution in [0.2, 0.25) is 0 Å². The number of aliphatic carboxylic acids is 1. The minimum absolute atomic E-state index is 0.0168. The normalized spacial score (nSPS) is 39.4. The summed E-state index contributed by atoms with van der Waals surface area (Å²) in [7, 11) is 0. The van der Waals surface area contributed by atoms with E-state index in [9.17, 15) is 9.90 Å². The maximum Gasteiger partial charge on any atom is 0.312 e. The van der Waals surface area contributed by atoms with Crippen molar-refractivity contribution in [3.63, 3.8) is 0 Å². The lowest BCUT2D eigenvalue weighted by molar-refractivity contribution is -0.159.